The van der Waals surface area contributed by atoms with E-state index < -0.39 is 0 Å². The molecule has 2 heterocycles. The summed E-state index contributed by atoms with van der Waals surface area (Å²) in [7, 11) is 0. The van der Waals surface area contributed by atoms with Crippen LogP contribution in [0.4, 0.5) is 34.1 Å². The lowest BCUT2D eigenvalue weighted by Crippen LogP contribution is -2.17. The van der Waals surface area contributed by atoms with E-state index in [4.69, 9.17) is 8.83 Å². The number of para-hydroxylation sites is 4. The second-order valence-electron chi connectivity index (χ2n) is 20.4. The van der Waals surface area contributed by atoms with Gasteiger partial charge < -0.3 is 18.6 Å². The summed E-state index contributed by atoms with van der Waals surface area (Å²) in [5.41, 5.74) is 18.8. The maximum atomic E-state index is 7.23. The van der Waals surface area contributed by atoms with Crippen molar-refractivity contribution in [3.63, 3.8) is 0 Å². The Morgan fingerprint density at radius 1 is 0.293 bits per heavy atom. The van der Waals surface area contributed by atoms with Crippen molar-refractivity contribution in [3.05, 3.63) is 266 Å². The molecule has 0 amide bonds. The van der Waals surface area contributed by atoms with E-state index in [2.05, 4.69) is 278 Å². The van der Waals surface area contributed by atoms with Crippen LogP contribution in [-0.4, -0.2) is 0 Å². The van der Waals surface area contributed by atoms with Gasteiger partial charge in [0.15, 0.2) is 11.2 Å². The summed E-state index contributed by atoms with van der Waals surface area (Å²) in [5.74, 6) is 0. The smallest absolute Gasteiger partial charge is 0.159 e. The Bertz CT molecular complexity index is 4260. The largest absolute Gasteiger partial charge is 0.453 e. The van der Waals surface area contributed by atoms with E-state index in [0.717, 1.165) is 100 Å². The molecule has 0 atom stereocenters. The Kier molecular flexibility index (Phi) is 9.58. The normalized spacial score (nSPS) is 12.8. The Morgan fingerprint density at radius 3 is 1.09 bits per heavy atom. The van der Waals surface area contributed by atoms with Crippen molar-refractivity contribution < 1.29 is 8.83 Å². The third-order valence-electron chi connectivity index (χ3n) is 15.8. The summed E-state index contributed by atoms with van der Waals surface area (Å²) >= 11 is 0. The van der Waals surface area contributed by atoms with Gasteiger partial charge in [-0.25, -0.2) is 0 Å². The monoisotopic (exact) mass is 960 g/mol. The van der Waals surface area contributed by atoms with Crippen LogP contribution in [0.25, 0.3) is 98.8 Å². The third kappa shape index (κ3) is 6.63. The Hall–Kier alpha value is -9.64. The van der Waals surface area contributed by atoms with E-state index in [9.17, 15) is 0 Å². The number of furan rings is 2. The van der Waals surface area contributed by atoms with Gasteiger partial charge in [-0.15, -0.1) is 0 Å². The topological polar surface area (TPSA) is 32.8 Å². The fourth-order valence-corrected chi connectivity index (χ4v) is 12.3. The molecule has 15 rings (SSSR count). The second-order valence-corrected chi connectivity index (χ2v) is 20.4. The second kappa shape index (κ2) is 16.7. The van der Waals surface area contributed by atoms with Gasteiger partial charge in [-0.2, -0.15) is 0 Å². The number of fused-ring (bicyclic) bond motifs is 13. The molecule has 0 bridgehead atoms. The number of anilines is 6. The number of hydrogen-bond acceptors (Lipinski definition) is 4. The lowest BCUT2D eigenvalue weighted by Gasteiger charge is -2.29. The van der Waals surface area contributed by atoms with Gasteiger partial charge in [-0.1, -0.05) is 196 Å². The standard InChI is InChI=1S/C71H48N2O2/c1-71(2)61-43-51(72(49-27-11-5-12-28-49)63-35-19-33-57-65-53-31-17-15-25-47(53)41-59(69(65)74-67(57)63)45-21-7-3-8-22-45)37-39-55(61)56-40-38-52(44-62(56)71)73(50-29-13-6-14-30-50)64-36-20-34-58-66-54-32-18-16-26-48(54)42-60(70(66)75-68(58)64)46-23-9-4-10-24-46/h3-44H,1-2H3. The maximum Gasteiger partial charge on any atom is 0.159 e. The summed E-state index contributed by atoms with van der Waals surface area (Å²) in [5, 5.41) is 9.16. The molecule has 0 saturated heterocycles. The quantitative estimate of drug-likeness (QED) is 0.152. The zero-order chi connectivity index (χ0) is 49.8. The first kappa shape index (κ1) is 43.0. The molecule has 0 spiro atoms. The summed E-state index contributed by atoms with van der Waals surface area (Å²) in [6, 6.07) is 91.7. The van der Waals surface area contributed by atoms with E-state index in [1.165, 1.54) is 43.8 Å². The Morgan fingerprint density at radius 2 is 0.667 bits per heavy atom. The van der Waals surface area contributed by atoms with Crippen LogP contribution in [0.1, 0.15) is 25.0 Å². The van der Waals surface area contributed by atoms with Crippen molar-refractivity contribution in [1.29, 1.82) is 0 Å². The van der Waals surface area contributed by atoms with Crippen molar-refractivity contribution in [2.75, 3.05) is 9.80 Å². The Labute approximate surface area is 434 Å². The molecule has 354 valence electrons. The van der Waals surface area contributed by atoms with Crippen molar-refractivity contribution in [2.45, 2.75) is 19.3 Å². The van der Waals surface area contributed by atoms with Crippen molar-refractivity contribution in [2.24, 2.45) is 0 Å². The molecule has 12 aromatic carbocycles. The van der Waals surface area contributed by atoms with E-state index in [-0.39, 0.29) is 5.41 Å². The first-order valence-electron chi connectivity index (χ1n) is 25.8. The fraction of sp³-hybridized carbons (Fsp3) is 0.0423. The lowest BCUT2D eigenvalue weighted by atomic mass is 9.82. The van der Waals surface area contributed by atoms with Crippen molar-refractivity contribution >= 4 is 99.5 Å². The van der Waals surface area contributed by atoms with Crippen LogP contribution < -0.4 is 9.80 Å². The van der Waals surface area contributed by atoms with E-state index in [1.54, 1.807) is 0 Å². The van der Waals surface area contributed by atoms with Crippen LogP contribution >= 0.6 is 0 Å². The van der Waals surface area contributed by atoms with E-state index >= 15 is 0 Å². The molecule has 1 aliphatic carbocycles. The molecule has 1 aliphatic rings. The number of nitrogens with zero attached hydrogens (tertiary/aromatic N) is 2. The molecule has 0 radical (unpaired) electrons. The summed E-state index contributed by atoms with van der Waals surface area (Å²) in [6.45, 7) is 4.74. The highest BCUT2D eigenvalue weighted by Gasteiger charge is 2.37. The highest BCUT2D eigenvalue weighted by molar-refractivity contribution is 6.25. The molecule has 0 aliphatic heterocycles. The minimum absolute atomic E-state index is 0.356. The number of hydrogen-bond donors (Lipinski definition) is 0. The van der Waals surface area contributed by atoms with Gasteiger partial charge >= 0.3 is 0 Å². The minimum Gasteiger partial charge on any atom is -0.453 e. The molecular formula is C71H48N2O2. The van der Waals surface area contributed by atoms with Crippen LogP contribution in [0.5, 0.6) is 0 Å². The van der Waals surface area contributed by atoms with Crippen molar-refractivity contribution in [1.82, 2.24) is 0 Å². The van der Waals surface area contributed by atoms with Gasteiger partial charge in [0.05, 0.1) is 11.4 Å². The van der Waals surface area contributed by atoms with Gasteiger partial charge in [0.2, 0.25) is 0 Å². The highest BCUT2D eigenvalue weighted by atomic mass is 16.3. The molecule has 2 aromatic heterocycles. The molecule has 0 unspecified atom stereocenters. The Balaban J connectivity index is 0.885. The van der Waals surface area contributed by atoms with Gasteiger partial charge in [0.25, 0.3) is 0 Å². The van der Waals surface area contributed by atoms with Crippen LogP contribution in [0, 0.1) is 0 Å². The average Bonchev–Trinajstić information content (AvgIpc) is 4.20. The van der Waals surface area contributed by atoms with Gasteiger partial charge in [-0.05, 0) is 128 Å². The zero-order valence-electron chi connectivity index (χ0n) is 41.5. The molecule has 0 saturated carbocycles. The lowest BCUT2D eigenvalue weighted by molar-refractivity contribution is 0.660. The van der Waals surface area contributed by atoms with Crippen LogP contribution in [0.15, 0.2) is 264 Å². The van der Waals surface area contributed by atoms with Crippen molar-refractivity contribution in [3.8, 4) is 33.4 Å². The SMILES string of the molecule is CC1(C)c2cc(N(c3ccccc3)c3cccc4c3oc3c(-c5ccccc5)cc5ccccc5c34)ccc2-c2ccc(N(c3ccccc3)c3cccc4c3oc3c(-c5ccccc5)cc5ccccc5c34)cc21. The van der Waals surface area contributed by atoms with E-state index in [1.807, 2.05) is 0 Å². The summed E-state index contributed by atoms with van der Waals surface area (Å²) in [6.07, 6.45) is 0. The highest BCUT2D eigenvalue weighted by Crippen LogP contribution is 2.54. The van der Waals surface area contributed by atoms with Gasteiger partial charge in [0.1, 0.15) is 11.2 Å². The van der Waals surface area contributed by atoms with Gasteiger partial charge in [-0.3, -0.25) is 0 Å². The number of benzene rings is 12. The van der Waals surface area contributed by atoms with E-state index in [0.29, 0.717) is 0 Å². The molecule has 0 fully saturated rings. The van der Waals surface area contributed by atoms with Gasteiger partial charge in [0, 0.05) is 60.8 Å². The minimum atomic E-state index is -0.356. The third-order valence-corrected chi connectivity index (χ3v) is 15.8. The first-order valence-corrected chi connectivity index (χ1v) is 25.8. The average molecular weight is 961 g/mol. The first-order chi connectivity index (χ1) is 37.0. The summed E-state index contributed by atoms with van der Waals surface area (Å²) in [4.78, 5) is 4.74. The predicted octanol–water partition coefficient (Wildman–Crippen LogP) is 20.4. The van der Waals surface area contributed by atoms with Crippen LogP contribution in [0.3, 0.4) is 0 Å². The molecule has 0 N–H and O–H groups in total. The molecule has 4 heteroatoms. The summed E-state index contributed by atoms with van der Waals surface area (Å²) < 4.78 is 14.5. The molecule has 4 nitrogen and oxygen atoms in total. The zero-order valence-corrected chi connectivity index (χ0v) is 41.5. The molecule has 14 aromatic rings. The fourth-order valence-electron chi connectivity index (χ4n) is 12.3. The van der Waals surface area contributed by atoms with Crippen LogP contribution in [0.2, 0.25) is 0 Å². The number of rotatable bonds is 8. The van der Waals surface area contributed by atoms with Crippen LogP contribution in [-0.2, 0) is 5.41 Å². The predicted molar refractivity (Wildman–Crippen MR) is 314 cm³/mol. The molecular weight excluding hydrogens is 913 g/mol. The molecule has 75 heavy (non-hydrogen) atoms. The maximum absolute atomic E-state index is 7.23.